The number of halogens is 8. The summed E-state index contributed by atoms with van der Waals surface area (Å²) in [6.07, 6.45) is -10.1. The lowest BCUT2D eigenvalue weighted by Crippen LogP contribution is -2.23. The summed E-state index contributed by atoms with van der Waals surface area (Å²) in [5, 5.41) is 5.16. The van der Waals surface area contributed by atoms with Gasteiger partial charge in [0, 0.05) is 32.3 Å². The molecule has 0 aliphatic rings. The van der Waals surface area contributed by atoms with Crippen LogP contribution < -0.4 is 10.6 Å². The normalized spacial score (nSPS) is 11.7. The van der Waals surface area contributed by atoms with Gasteiger partial charge in [-0.05, 0) is 69.0 Å². The van der Waals surface area contributed by atoms with Crippen LogP contribution in [-0.4, -0.2) is 18.2 Å². The maximum atomic E-state index is 14.2. The van der Waals surface area contributed by atoms with Gasteiger partial charge in [0.1, 0.15) is 0 Å². The lowest BCUT2D eigenvalue weighted by atomic mass is 9.92. The number of hydrogen-bond acceptors (Lipinski definition) is 3. The second kappa shape index (κ2) is 12.7. The van der Waals surface area contributed by atoms with Crippen LogP contribution in [0.5, 0.6) is 0 Å². The van der Waals surface area contributed by atoms with E-state index in [1.165, 1.54) is 12.1 Å². The van der Waals surface area contributed by atoms with Crippen molar-refractivity contribution in [1.82, 2.24) is 5.32 Å². The molecule has 0 unspecified atom stereocenters. The second-order valence-electron chi connectivity index (χ2n) is 9.05. The fourth-order valence-corrected chi connectivity index (χ4v) is 5.11. The zero-order valence-electron chi connectivity index (χ0n) is 21.3. The number of hydrogen-bond donors (Lipinski definition) is 2. The number of rotatable bonds is 8. The fraction of sp³-hybridized carbons (Fsp3) is 0.133. The SMILES string of the molecule is O=C(CNc1cc(C(F)(F)F)c(-c2cc(Br)c(CNC(=O)c3ccccc3)cc2C(F)(F)F)cc1Br)c1ccccc1. The third kappa shape index (κ3) is 7.40. The van der Waals surface area contributed by atoms with E-state index in [1.54, 1.807) is 48.5 Å². The lowest BCUT2D eigenvalue weighted by molar-refractivity contribution is -0.139. The lowest BCUT2D eigenvalue weighted by Gasteiger charge is -2.21. The highest BCUT2D eigenvalue weighted by Crippen LogP contribution is 2.46. The first kappa shape index (κ1) is 31.3. The minimum absolute atomic E-state index is 0.0145. The van der Waals surface area contributed by atoms with Crippen molar-refractivity contribution < 1.29 is 35.9 Å². The van der Waals surface area contributed by atoms with E-state index in [9.17, 15) is 35.9 Å². The number of benzene rings is 4. The van der Waals surface area contributed by atoms with Crippen molar-refractivity contribution in [2.45, 2.75) is 18.9 Å². The van der Waals surface area contributed by atoms with Crippen LogP contribution in [-0.2, 0) is 18.9 Å². The standard InChI is InChI=1S/C30H20Br2F6N2O2/c31-24-12-20(22(29(33,34)35)11-19(24)15-40-28(42)18-9-5-2-6-10-18)21-13-25(32)26(14-23(21)30(36,37)38)39-16-27(41)17-7-3-1-4-8-17/h1-14,39H,15-16H2,(H,40,42). The minimum Gasteiger partial charge on any atom is -0.377 e. The summed E-state index contributed by atoms with van der Waals surface area (Å²) in [5.41, 5.74) is -3.55. The molecule has 4 rings (SSSR count). The first-order chi connectivity index (χ1) is 19.8. The Hall–Kier alpha value is -3.64. The first-order valence-electron chi connectivity index (χ1n) is 12.2. The fourth-order valence-electron chi connectivity index (χ4n) is 4.15. The molecular formula is C30H20Br2F6N2O2. The molecule has 0 heterocycles. The predicted molar refractivity (Wildman–Crippen MR) is 154 cm³/mol. The molecular weight excluding hydrogens is 694 g/mol. The van der Waals surface area contributed by atoms with Gasteiger partial charge in [-0.3, -0.25) is 9.59 Å². The van der Waals surface area contributed by atoms with Crippen LogP contribution in [0.1, 0.15) is 37.4 Å². The van der Waals surface area contributed by atoms with Crippen molar-refractivity contribution in [2.24, 2.45) is 0 Å². The van der Waals surface area contributed by atoms with Crippen LogP contribution in [0.25, 0.3) is 11.1 Å². The number of Topliss-reactive ketones (excluding diaryl/α,β-unsaturated/α-hetero) is 1. The maximum absolute atomic E-state index is 14.2. The molecule has 0 saturated heterocycles. The quantitative estimate of drug-likeness (QED) is 0.142. The Bertz CT molecular complexity index is 1490. The number of amides is 1. The van der Waals surface area contributed by atoms with Crippen molar-refractivity contribution in [3.05, 3.63) is 122 Å². The van der Waals surface area contributed by atoms with Gasteiger partial charge >= 0.3 is 12.4 Å². The molecule has 0 spiro atoms. The third-order valence-corrected chi connectivity index (χ3v) is 7.60. The number of alkyl halides is 6. The highest BCUT2D eigenvalue weighted by Gasteiger charge is 2.39. The van der Waals surface area contributed by atoms with E-state index in [-0.39, 0.29) is 33.3 Å². The molecule has 0 aliphatic carbocycles. The highest BCUT2D eigenvalue weighted by molar-refractivity contribution is 9.11. The zero-order chi connectivity index (χ0) is 30.7. The molecule has 4 nitrogen and oxygen atoms in total. The zero-order valence-corrected chi connectivity index (χ0v) is 24.5. The van der Waals surface area contributed by atoms with Gasteiger partial charge in [0.25, 0.3) is 5.91 Å². The molecule has 0 fully saturated rings. The monoisotopic (exact) mass is 712 g/mol. The first-order valence-corrected chi connectivity index (χ1v) is 13.8. The van der Waals surface area contributed by atoms with Crippen LogP contribution in [0.2, 0.25) is 0 Å². The molecule has 4 aromatic rings. The van der Waals surface area contributed by atoms with Gasteiger partial charge in [0.05, 0.1) is 17.7 Å². The molecule has 1 amide bonds. The number of carbonyl (C=O) groups excluding carboxylic acids is 2. The summed E-state index contributed by atoms with van der Waals surface area (Å²) in [6.45, 7) is -0.659. The van der Waals surface area contributed by atoms with Crippen LogP contribution in [0.15, 0.2) is 93.9 Å². The molecule has 42 heavy (non-hydrogen) atoms. The average Bonchev–Trinajstić information content (AvgIpc) is 2.95. The number of nitrogens with one attached hydrogen (secondary N) is 2. The highest BCUT2D eigenvalue weighted by atomic mass is 79.9. The van der Waals surface area contributed by atoms with Crippen molar-refractivity contribution in [3.63, 3.8) is 0 Å². The molecule has 2 N–H and O–H groups in total. The number of ketones is 1. The van der Waals surface area contributed by atoms with Gasteiger partial charge in [0.2, 0.25) is 0 Å². The Morgan fingerprint density at radius 1 is 0.667 bits per heavy atom. The van der Waals surface area contributed by atoms with Crippen LogP contribution >= 0.6 is 31.9 Å². The Balaban J connectivity index is 1.71. The van der Waals surface area contributed by atoms with Gasteiger partial charge in [-0.2, -0.15) is 26.3 Å². The van der Waals surface area contributed by atoms with Gasteiger partial charge in [-0.1, -0.05) is 64.5 Å². The summed E-state index contributed by atoms with van der Waals surface area (Å²) in [6, 6.07) is 19.4. The Kier molecular flexibility index (Phi) is 9.47. The van der Waals surface area contributed by atoms with Crippen molar-refractivity contribution >= 4 is 49.2 Å². The van der Waals surface area contributed by atoms with Crippen LogP contribution in [0.4, 0.5) is 32.0 Å². The molecule has 12 heteroatoms. The molecule has 0 aliphatic heterocycles. The van der Waals surface area contributed by atoms with E-state index in [1.807, 2.05) is 0 Å². The van der Waals surface area contributed by atoms with Gasteiger partial charge < -0.3 is 10.6 Å². The van der Waals surface area contributed by atoms with E-state index in [4.69, 9.17) is 0 Å². The van der Waals surface area contributed by atoms with Gasteiger partial charge in [-0.15, -0.1) is 0 Å². The van der Waals surface area contributed by atoms with Gasteiger partial charge in [-0.25, -0.2) is 0 Å². The predicted octanol–water partition coefficient (Wildman–Crippen LogP) is 9.14. The Morgan fingerprint density at radius 2 is 1.17 bits per heavy atom. The summed E-state index contributed by atoms with van der Waals surface area (Å²) < 4.78 is 85.5. The third-order valence-electron chi connectivity index (χ3n) is 6.21. The smallest absolute Gasteiger partial charge is 0.377 e. The molecule has 0 bridgehead atoms. The minimum atomic E-state index is -5.03. The van der Waals surface area contributed by atoms with Crippen molar-refractivity contribution in [2.75, 3.05) is 11.9 Å². The largest absolute Gasteiger partial charge is 0.417 e. The summed E-state index contributed by atoms with van der Waals surface area (Å²) in [7, 11) is 0. The number of anilines is 1. The summed E-state index contributed by atoms with van der Waals surface area (Å²) in [5.74, 6) is -0.921. The van der Waals surface area contributed by atoms with Gasteiger partial charge in [0.15, 0.2) is 5.78 Å². The Labute approximate surface area is 253 Å². The van der Waals surface area contributed by atoms with Crippen LogP contribution in [0, 0.1) is 0 Å². The van der Waals surface area contributed by atoms with Crippen LogP contribution in [0.3, 0.4) is 0 Å². The Morgan fingerprint density at radius 3 is 1.71 bits per heavy atom. The second-order valence-corrected chi connectivity index (χ2v) is 10.8. The van der Waals surface area contributed by atoms with E-state index in [0.29, 0.717) is 23.3 Å². The van der Waals surface area contributed by atoms with E-state index >= 15 is 0 Å². The van der Waals surface area contributed by atoms with E-state index in [2.05, 4.69) is 42.5 Å². The molecule has 218 valence electrons. The van der Waals surface area contributed by atoms with Crippen molar-refractivity contribution in [1.29, 1.82) is 0 Å². The van der Waals surface area contributed by atoms with E-state index < -0.39 is 46.3 Å². The average molecular weight is 714 g/mol. The summed E-state index contributed by atoms with van der Waals surface area (Å²) >= 11 is 6.30. The molecule has 0 saturated carbocycles. The molecule has 0 aromatic heterocycles. The molecule has 0 radical (unpaired) electrons. The summed E-state index contributed by atoms with van der Waals surface area (Å²) in [4.78, 5) is 24.8. The van der Waals surface area contributed by atoms with Crippen molar-refractivity contribution in [3.8, 4) is 11.1 Å². The number of carbonyl (C=O) groups is 2. The molecule has 4 aromatic carbocycles. The van der Waals surface area contributed by atoms with E-state index in [0.717, 1.165) is 12.1 Å². The topological polar surface area (TPSA) is 58.2 Å². The maximum Gasteiger partial charge on any atom is 0.417 e. The molecule has 0 atom stereocenters.